The smallest absolute Gasteiger partial charge is 0.251 e. The molecule has 0 atom stereocenters. The van der Waals surface area contributed by atoms with E-state index in [1.165, 1.54) is 50.5 Å². The standard InChI is InChI=1S/C23H27ClN4O2/c24-19-7-8-20(26-15-19)27-21(29)9-12-25-22(30)17-3-5-18(6-4-17)23(10-11-23)16-28-13-1-2-14-28/h3-8,15H,1-2,9-14,16H2,(H,25,30)(H,26,27,29). The molecule has 1 aromatic heterocycles. The van der Waals surface area contributed by atoms with Crippen LogP contribution in [0.15, 0.2) is 42.6 Å². The molecule has 2 fully saturated rings. The van der Waals surface area contributed by atoms with Crippen LogP contribution in [0.4, 0.5) is 5.82 Å². The number of benzene rings is 1. The van der Waals surface area contributed by atoms with Gasteiger partial charge in [-0.05, 0) is 68.6 Å². The van der Waals surface area contributed by atoms with Gasteiger partial charge in [-0.3, -0.25) is 9.59 Å². The SMILES string of the molecule is O=C(CCNC(=O)c1ccc(C2(CN3CCCC3)CC2)cc1)Nc1ccc(Cl)cn1. The fraction of sp³-hybridized carbons (Fsp3) is 0.435. The zero-order valence-electron chi connectivity index (χ0n) is 17.0. The number of amides is 2. The Morgan fingerprint density at radius 1 is 1.07 bits per heavy atom. The molecule has 2 aliphatic rings. The minimum Gasteiger partial charge on any atom is -0.352 e. The zero-order chi connectivity index (χ0) is 21.0. The topological polar surface area (TPSA) is 74.3 Å². The largest absolute Gasteiger partial charge is 0.352 e. The molecular weight excluding hydrogens is 400 g/mol. The first-order valence-electron chi connectivity index (χ1n) is 10.6. The summed E-state index contributed by atoms with van der Waals surface area (Å²) in [4.78, 5) is 31.0. The van der Waals surface area contributed by atoms with Crippen LogP contribution in [0.3, 0.4) is 0 Å². The minimum atomic E-state index is -0.210. The molecule has 0 spiro atoms. The molecule has 1 aromatic carbocycles. The summed E-state index contributed by atoms with van der Waals surface area (Å²) in [6, 6.07) is 11.3. The van der Waals surface area contributed by atoms with Gasteiger partial charge in [0.05, 0.1) is 5.02 Å². The number of hydrogen-bond donors (Lipinski definition) is 2. The normalized spacial score (nSPS) is 17.5. The minimum absolute atomic E-state index is 0.164. The van der Waals surface area contributed by atoms with Gasteiger partial charge in [-0.1, -0.05) is 23.7 Å². The third-order valence-electron chi connectivity index (χ3n) is 5.97. The maximum Gasteiger partial charge on any atom is 0.251 e. The van der Waals surface area contributed by atoms with Crippen molar-refractivity contribution in [1.82, 2.24) is 15.2 Å². The number of anilines is 1. The summed E-state index contributed by atoms with van der Waals surface area (Å²) in [5, 5.41) is 6.00. The van der Waals surface area contributed by atoms with Crippen LogP contribution in [-0.4, -0.2) is 47.9 Å². The zero-order valence-corrected chi connectivity index (χ0v) is 17.8. The number of aromatic nitrogens is 1. The second-order valence-electron chi connectivity index (χ2n) is 8.26. The van der Waals surface area contributed by atoms with Gasteiger partial charge in [0, 0.05) is 36.7 Å². The van der Waals surface area contributed by atoms with Crippen LogP contribution in [0, 0.1) is 0 Å². The van der Waals surface area contributed by atoms with E-state index in [9.17, 15) is 9.59 Å². The number of halogens is 1. The summed E-state index contributed by atoms with van der Waals surface area (Å²) in [5.74, 6) is 0.0654. The van der Waals surface area contributed by atoms with Gasteiger partial charge in [0.2, 0.25) is 5.91 Å². The number of hydrogen-bond acceptors (Lipinski definition) is 4. The molecule has 2 aromatic rings. The third-order valence-corrected chi connectivity index (χ3v) is 6.19. The van der Waals surface area contributed by atoms with E-state index in [0.717, 1.165) is 6.54 Å². The Balaban J connectivity index is 1.24. The molecule has 6 nitrogen and oxygen atoms in total. The van der Waals surface area contributed by atoms with Crippen LogP contribution in [0.2, 0.25) is 5.02 Å². The summed E-state index contributed by atoms with van der Waals surface area (Å²) < 4.78 is 0. The molecule has 0 unspecified atom stereocenters. The number of rotatable bonds is 8. The molecule has 2 heterocycles. The van der Waals surface area contributed by atoms with Crippen LogP contribution >= 0.6 is 11.6 Å². The van der Waals surface area contributed by atoms with Crippen molar-refractivity contribution in [2.75, 3.05) is 31.5 Å². The lowest BCUT2D eigenvalue weighted by Gasteiger charge is -2.23. The Morgan fingerprint density at radius 3 is 2.43 bits per heavy atom. The van der Waals surface area contributed by atoms with Gasteiger partial charge in [-0.2, -0.15) is 0 Å². The number of likely N-dealkylation sites (tertiary alicyclic amines) is 1. The van der Waals surface area contributed by atoms with Crippen molar-refractivity contribution in [3.05, 3.63) is 58.7 Å². The van der Waals surface area contributed by atoms with Crippen LogP contribution in [-0.2, 0) is 10.2 Å². The average Bonchev–Trinajstić information content (AvgIpc) is 3.35. The molecule has 2 N–H and O–H groups in total. The summed E-state index contributed by atoms with van der Waals surface area (Å²) in [5.41, 5.74) is 2.24. The molecule has 0 bridgehead atoms. The van der Waals surface area contributed by atoms with Crippen molar-refractivity contribution in [2.45, 2.75) is 37.5 Å². The Labute approximate surface area is 182 Å². The fourth-order valence-corrected chi connectivity index (χ4v) is 4.19. The van der Waals surface area contributed by atoms with Gasteiger partial charge < -0.3 is 15.5 Å². The van der Waals surface area contributed by atoms with E-state index >= 15 is 0 Å². The maximum atomic E-state index is 12.4. The van der Waals surface area contributed by atoms with Gasteiger partial charge >= 0.3 is 0 Å². The second kappa shape index (κ2) is 9.14. The monoisotopic (exact) mass is 426 g/mol. The van der Waals surface area contributed by atoms with E-state index in [1.54, 1.807) is 12.1 Å². The van der Waals surface area contributed by atoms with Gasteiger partial charge in [-0.25, -0.2) is 4.98 Å². The van der Waals surface area contributed by atoms with Gasteiger partial charge in [-0.15, -0.1) is 0 Å². The molecule has 158 valence electrons. The molecule has 0 radical (unpaired) electrons. The van der Waals surface area contributed by atoms with Crippen molar-refractivity contribution in [1.29, 1.82) is 0 Å². The maximum absolute atomic E-state index is 12.4. The first kappa shape index (κ1) is 20.8. The molecule has 1 saturated carbocycles. The van der Waals surface area contributed by atoms with Crippen LogP contribution in [0.25, 0.3) is 0 Å². The highest BCUT2D eigenvalue weighted by atomic mass is 35.5. The van der Waals surface area contributed by atoms with E-state index in [4.69, 9.17) is 11.6 Å². The summed E-state index contributed by atoms with van der Waals surface area (Å²) in [6.07, 6.45) is 6.72. The summed E-state index contributed by atoms with van der Waals surface area (Å²) >= 11 is 5.78. The molecule has 4 rings (SSSR count). The second-order valence-corrected chi connectivity index (χ2v) is 8.69. The van der Waals surface area contributed by atoms with E-state index in [2.05, 4.69) is 32.7 Å². The molecular formula is C23H27ClN4O2. The van der Waals surface area contributed by atoms with Gasteiger partial charge in [0.15, 0.2) is 0 Å². The fourth-order valence-electron chi connectivity index (χ4n) is 4.08. The molecule has 1 saturated heterocycles. The van der Waals surface area contributed by atoms with Crippen molar-refractivity contribution >= 4 is 29.2 Å². The molecule has 1 aliphatic heterocycles. The summed E-state index contributed by atoms with van der Waals surface area (Å²) in [6.45, 7) is 3.82. The van der Waals surface area contributed by atoms with Crippen molar-refractivity contribution in [2.24, 2.45) is 0 Å². The summed E-state index contributed by atoms with van der Waals surface area (Å²) in [7, 11) is 0. The van der Waals surface area contributed by atoms with E-state index in [-0.39, 0.29) is 30.2 Å². The van der Waals surface area contributed by atoms with Crippen LogP contribution < -0.4 is 10.6 Å². The van der Waals surface area contributed by atoms with Crippen molar-refractivity contribution in [3.63, 3.8) is 0 Å². The first-order chi connectivity index (χ1) is 14.5. The van der Waals surface area contributed by atoms with E-state index < -0.39 is 0 Å². The highest BCUT2D eigenvalue weighted by Crippen LogP contribution is 2.49. The van der Waals surface area contributed by atoms with Crippen molar-refractivity contribution < 1.29 is 9.59 Å². The lowest BCUT2D eigenvalue weighted by Crippen LogP contribution is -2.30. The Kier molecular flexibility index (Phi) is 6.35. The predicted octanol–water partition coefficient (Wildman–Crippen LogP) is 3.62. The average molecular weight is 427 g/mol. The Hall–Kier alpha value is -2.44. The predicted molar refractivity (Wildman–Crippen MR) is 118 cm³/mol. The molecule has 7 heteroatoms. The highest BCUT2D eigenvalue weighted by Gasteiger charge is 2.45. The number of carbonyl (C=O) groups excluding carboxylic acids is 2. The molecule has 30 heavy (non-hydrogen) atoms. The lowest BCUT2D eigenvalue weighted by atomic mass is 9.94. The molecule has 1 aliphatic carbocycles. The van der Waals surface area contributed by atoms with Crippen molar-refractivity contribution in [3.8, 4) is 0 Å². The first-order valence-corrected chi connectivity index (χ1v) is 10.9. The lowest BCUT2D eigenvalue weighted by molar-refractivity contribution is -0.116. The van der Waals surface area contributed by atoms with Crippen LogP contribution in [0.1, 0.15) is 48.0 Å². The van der Waals surface area contributed by atoms with Gasteiger partial charge in [0.25, 0.3) is 5.91 Å². The number of nitrogens with one attached hydrogen (secondary N) is 2. The Morgan fingerprint density at radius 2 is 1.80 bits per heavy atom. The third kappa shape index (κ3) is 5.18. The quantitative estimate of drug-likeness (QED) is 0.676. The van der Waals surface area contributed by atoms with E-state index in [0.29, 0.717) is 16.4 Å². The molecule has 2 amide bonds. The highest BCUT2D eigenvalue weighted by molar-refractivity contribution is 6.30. The van der Waals surface area contributed by atoms with Gasteiger partial charge in [0.1, 0.15) is 5.82 Å². The number of nitrogens with zero attached hydrogens (tertiary/aromatic N) is 2. The van der Waals surface area contributed by atoms with E-state index in [1.807, 2.05) is 12.1 Å². The Bertz CT molecular complexity index is 888. The van der Waals surface area contributed by atoms with Crippen LogP contribution in [0.5, 0.6) is 0 Å². The number of carbonyl (C=O) groups is 2. The number of pyridine rings is 1.